The first-order valence-corrected chi connectivity index (χ1v) is 8.40. The molecule has 10 atom stereocenters. The van der Waals surface area contributed by atoms with E-state index in [4.69, 9.17) is 19.9 Å². The molecule has 0 bridgehead atoms. The molecule has 11 N–H and O–H groups in total. The van der Waals surface area contributed by atoms with E-state index < -0.39 is 86.1 Å². The summed E-state index contributed by atoms with van der Waals surface area (Å²) in [4.78, 5) is 23.2. The minimum Gasteiger partial charge on any atom is -0.394 e. The average molecular weight is 430 g/mol. The van der Waals surface area contributed by atoms with E-state index >= 15 is 0 Å². The lowest BCUT2D eigenvalue weighted by Gasteiger charge is -2.48. The van der Waals surface area contributed by atoms with Gasteiger partial charge in [0.1, 0.15) is 42.7 Å². The summed E-state index contributed by atoms with van der Waals surface area (Å²) < 4.78 is 15.3. The van der Waals surface area contributed by atoms with Crippen LogP contribution >= 0.6 is 0 Å². The van der Waals surface area contributed by atoms with Crippen molar-refractivity contribution < 1.29 is 64.7 Å². The maximum absolute atomic E-state index is 12.2. The van der Waals surface area contributed by atoms with Gasteiger partial charge in [0.05, 0.1) is 13.2 Å². The van der Waals surface area contributed by atoms with Gasteiger partial charge < -0.3 is 60.8 Å². The van der Waals surface area contributed by atoms with Crippen LogP contribution in [0.25, 0.3) is 0 Å². The summed E-state index contributed by atoms with van der Waals surface area (Å²) in [6.07, 6.45) is -17.2. The SMILES string of the molecule is NC(=O)[15NH]C(=O)[C@]1([13CH2]O)O[C@@H](O[C@H]2[C@H](O)[C@@H](O)[C@@H](O)O[C@@H]2CO)[C@H](O)[C@@H](O)[C@H]1O. The van der Waals surface area contributed by atoms with Crippen molar-refractivity contribution in [3.05, 3.63) is 0 Å². The maximum atomic E-state index is 12.2. The summed E-state index contributed by atoms with van der Waals surface area (Å²) in [6.45, 7) is -2.13. The lowest BCUT2D eigenvalue weighted by Crippen LogP contribution is -2.72. The molecule has 29 heavy (non-hydrogen) atoms. The molecule has 2 heterocycles. The number of primary amides is 1. The van der Waals surface area contributed by atoms with Gasteiger partial charge in [0.2, 0.25) is 5.60 Å². The van der Waals surface area contributed by atoms with Crippen LogP contribution in [0.3, 0.4) is 0 Å². The number of carbonyl (C=O) groups is 2. The molecule has 15 nitrogen and oxygen atoms in total. The maximum Gasteiger partial charge on any atom is 0.318 e. The Morgan fingerprint density at radius 3 is 2.14 bits per heavy atom. The topological polar surface area (TPSA) is 262 Å². The number of nitrogens with two attached hydrogens (primary N) is 1. The summed E-state index contributed by atoms with van der Waals surface area (Å²) in [6, 6.07) is -1.37. The van der Waals surface area contributed by atoms with E-state index in [1.54, 1.807) is 5.32 Å². The fourth-order valence-corrected chi connectivity index (χ4v) is 3.08. The van der Waals surface area contributed by atoms with Crippen molar-refractivity contribution in [2.75, 3.05) is 13.2 Å². The molecular weight excluding hydrogens is 406 g/mol. The minimum absolute atomic E-state index is 0.827. The highest BCUT2D eigenvalue weighted by molar-refractivity contribution is 5.98. The molecule has 2 aliphatic heterocycles. The molecule has 2 rings (SSSR count). The van der Waals surface area contributed by atoms with Crippen molar-refractivity contribution in [1.29, 1.82) is 0 Å². The predicted octanol–water partition coefficient (Wildman–Crippen LogP) is -6.83. The zero-order valence-corrected chi connectivity index (χ0v) is 14.8. The summed E-state index contributed by atoms with van der Waals surface area (Å²) in [7, 11) is 0. The molecule has 168 valence electrons. The van der Waals surface area contributed by atoms with Gasteiger partial charge in [0, 0.05) is 0 Å². The quantitative estimate of drug-likeness (QED) is 0.144. The number of aliphatic hydroxyl groups is 8. The van der Waals surface area contributed by atoms with E-state index in [-0.39, 0.29) is 0 Å². The standard InChI is InChI=1S/C14H24N2O13/c15-13(26)16-12(25)14(2-18)9(23)5(20)7(22)11(29-14)28-8-3(1-17)27-10(24)6(21)4(8)19/h3-11,17-24H,1-2H2,(H3,15,16,25,26)/t3-,4-,5-,6-,7-,8-,9-,10+,11-,14-/m1/s1/i2+1,16+1. The van der Waals surface area contributed by atoms with E-state index in [0.29, 0.717) is 0 Å². The van der Waals surface area contributed by atoms with Gasteiger partial charge in [-0.15, -0.1) is 0 Å². The molecule has 15 heteroatoms. The summed E-state index contributed by atoms with van der Waals surface area (Å²) >= 11 is 0. The smallest absolute Gasteiger partial charge is 0.318 e. The monoisotopic (exact) mass is 430 g/mol. The molecule has 3 amide bonds. The van der Waals surface area contributed by atoms with Crippen LogP contribution in [0, 0.1) is 0 Å². The highest BCUT2D eigenvalue weighted by atomic mass is 16.7. The van der Waals surface area contributed by atoms with Crippen LogP contribution in [-0.4, -0.2) is 127 Å². The fraction of sp³-hybridized carbons (Fsp3) is 0.857. The number of hydrogen-bond acceptors (Lipinski definition) is 13. The number of amides is 3. The van der Waals surface area contributed by atoms with Crippen LogP contribution in [0.1, 0.15) is 0 Å². The molecule has 2 aliphatic rings. The van der Waals surface area contributed by atoms with Crippen molar-refractivity contribution in [2.24, 2.45) is 5.73 Å². The first-order valence-electron chi connectivity index (χ1n) is 8.40. The van der Waals surface area contributed by atoms with Crippen LogP contribution in [0.5, 0.6) is 0 Å². The first-order chi connectivity index (χ1) is 13.5. The number of imide groups is 1. The van der Waals surface area contributed by atoms with Gasteiger partial charge >= 0.3 is 6.03 Å². The molecule has 0 radical (unpaired) electrons. The zero-order chi connectivity index (χ0) is 22.1. The number of aliphatic hydroxyl groups excluding tert-OH is 8. The third kappa shape index (κ3) is 4.35. The van der Waals surface area contributed by atoms with Gasteiger partial charge in [0.25, 0.3) is 5.91 Å². The Balaban J connectivity index is 2.31. The van der Waals surface area contributed by atoms with Crippen molar-refractivity contribution in [2.45, 2.75) is 60.9 Å². The molecule has 0 aliphatic carbocycles. The minimum atomic E-state index is -2.72. The Hall–Kier alpha value is -1.50. The Morgan fingerprint density at radius 2 is 1.62 bits per heavy atom. The molecule has 2 saturated heterocycles. The molecule has 0 saturated carbocycles. The van der Waals surface area contributed by atoms with Crippen molar-refractivity contribution in [1.82, 2.24) is 5.32 Å². The lowest BCUT2D eigenvalue weighted by atomic mass is 9.91. The molecule has 0 spiro atoms. The summed E-state index contributed by atoms with van der Waals surface area (Å²) in [5.74, 6) is -1.46. The van der Waals surface area contributed by atoms with Gasteiger partial charge in [-0.05, 0) is 0 Å². The average Bonchev–Trinajstić information content (AvgIpc) is 2.67. The first kappa shape index (κ1) is 23.8. The lowest BCUT2D eigenvalue weighted by molar-refractivity contribution is -0.368. The second-order valence-electron chi connectivity index (χ2n) is 6.61. The van der Waals surface area contributed by atoms with Crippen molar-refractivity contribution in [3.8, 4) is 0 Å². The Labute approximate surface area is 162 Å². The molecule has 0 unspecified atom stereocenters. The number of rotatable bonds is 5. The Morgan fingerprint density at radius 1 is 1.00 bits per heavy atom. The number of hydrogen-bond donors (Lipinski definition) is 10. The Bertz CT molecular complexity index is 606. The summed E-state index contributed by atoms with van der Waals surface area (Å²) in [5.41, 5.74) is 2.11. The van der Waals surface area contributed by atoms with E-state index in [2.05, 4.69) is 0 Å². The van der Waals surface area contributed by atoms with E-state index in [1.165, 1.54) is 0 Å². The normalized spacial score (nSPS) is 45.6. The van der Waals surface area contributed by atoms with Crippen LogP contribution < -0.4 is 11.1 Å². The van der Waals surface area contributed by atoms with Crippen molar-refractivity contribution >= 4 is 11.9 Å². The van der Waals surface area contributed by atoms with E-state index in [9.17, 15) is 50.4 Å². The van der Waals surface area contributed by atoms with Crippen LogP contribution in [0.15, 0.2) is 0 Å². The van der Waals surface area contributed by atoms with Crippen LogP contribution in [0.4, 0.5) is 4.79 Å². The van der Waals surface area contributed by atoms with Crippen LogP contribution in [-0.2, 0) is 19.0 Å². The number of urea groups is 1. The van der Waals surface area contributed by atoms with Gasteiger partial charge in [-0.3, -0.25) is 10.1 Å². The van der Waals surface area contributed by atoms with Gasteiger partial charge in [0.15, 0.2) is 12.6 Å². The fourth-order valence-electron chi connectivity index (χ4n) is 3.08. The zero-order valence-electron chi connectivity index (χ0n) is 14.8. The van der Waals surface area contributed by atoms with Crippen molar-refractivity contribution in [3.63, 3.8) is 0 Å². The highest BCUT2D eigenvalue weighted by Gasteiger charge is 2.59. The van der Waals surface area contributed by atoms with E-state index in [0.717, 1.165) is 0 Å². The number of carbonyl (C=O) groups excluding carboxylic acids is 2. The molecular formula is C14H24N2O13. The molecule has 0 aromatic heterocycles. The Kier molecular flexibility index (Phi) is 7.47. The third-order valence-corrected chi connectivity index (χ3v) is 4.74. The molecule has 0 aromatic carbocycles. The molecule has 2 fully saturated rings. The highest BCUT2D eigenvalue weighted by Crippen LogP contribution is 2.33. The van der Waals surface area contributed by atoms with E-state index in [1.807, 2.05) is 0 Å². The van der Waals surface area contributed by atoms with Gasteiger partial charge in [-0.25, -0.2) is 4.79 Å². The van der Waals surface area contributed by atoms with Gasteiger partial charge in [-0.2, -0.15) is 0 Å². The largest absolute Gasteiger partial charge is 0.394 e. The van der Waals surface area contributed by atoms with Gasteiger partial charge in [-0.1, -0.05) is 0 Å². The second kappa shape index (κ2) is 9.11. The second-order valence-corrected chi connectivity index (χ2v) is 6.61. The summed E-state index contributed by atoms with van der Waals surface area (Å²) in [5, 5.41) is 80.2. The predicted molar refractivity (Wildman–Crippen MR) is 85.3 cm³/mol. The number of ether oxygens (including phenoxy) is 3. The number of nitrogens with one attached hydrogen (secondary N) is 1. The third-order valence-electron chi connectivity index (χ3n) is 4.74. The van der Waals surface area contributed by atoms with Crippen LogP contribution in [0.2, 0.25) is 0 Å². The molecule has 0 aromatic rings.